The Morgan fingerprint density at radius 3 is 2.62 bits per heavy atom. The molecule has 0 aliphatic rings. The Morgan fingerprint density at radius 1 is 1.31 bits per heavy atom. The fourth-order valence-corrected chi connectivity index (χ4v) is 1.65. The summed E-state index contributed by atoms with van der Waals surface area (Å²) < 4.78 is 0. The number of H-pyrrole nitrogens is 1. The van der Waals surface area contributed by atoms with E-state index in [1.807, 2.05) is 30.3 Å². The third-order valence-electron chi connectivity index (χ3n) is 2.37. The Bertz CT molecular complexity index is 549. The minimum Gasteiger partial charge on any atom is -0.309 e. The SMILES string of the molecule is Cc1c(-c2ccccc2)nc(CCl)[nH]c1=O. The monoisotopic (exact) mass is 234 g/mol. The van der Waals surface area contributed by atoms with E-state index >= 15 is 0 Å². The molecule has 16 heavy (non-hydrogen) atoms. The second-order valence-electron chi connectivity index (χ2n) is 3.49. The van der Waals surface area contributed by atoms with Crippen LogP contribution >= 0.6 is 11.6 Å². The number of nitrogens with one attached hydrogen (secondary N) is 1. The molecule has 2 rings (SSSR count). The molecule has 0 amide bonds. The lowest BCUT2D eigenvalue weighted by molar-refractivity contribution is 0.982. The van der Waals surface area contributed by atoms with Gasteiger partial charge in [-0.1, -0.05) is 30.3 Å². The first kappa shape index (κ1) is 10.9. The van der Waals surface area contributed by atoms with Gasteiger partial charge in [0, 0.05) is 11.1 Å². The quantitative estimate of drug-likeness (QED) is 0.812. The Morgan fingerprint density at radius 2 is 2.00 bits per heavy atom. The van der Waals surface area contributed by atoms with Gasteiger partial charge >= 0.3 is 0 Å². The molecule has 1 aromatic carbocycles. The number of rotatable bonds is 2. The van der Waals surface area contributed by atoms with Gasteiger partial charge in [0.05, 0.1) is 11.6 Å². The zero-order chi connectivity index (χ0) is 11.5. The second kappa shape index (κ2) is 4.49. The van der Waals surface area contributed by atoms with Gasteiger partial charge in [-0.3, -0.25) is 4.79 Å². The van der Waals surface area contributed by atoms with Crippen LogP contribution in [-0.2, 0) is 5.88 Å². The summed E-state index contributed by atoms with van der Waals surface area (Å²) in [6, 6.07) is 9.60. The predicted molar refractivity (Wildman–Crippen MR) is 64.6 cm³/mol. The first-order valence-electron chi connectivity index (χ1n) is 4.93. The highest BCUT2D eigenvalue weighted by molar-refractivity contribution is 6.16. The molecule has 0 unspecified atom stereocenters. The van der Waals surface area contributed by atoms with Crippen molar-refractivity contribution in [3.63, 3.8) is 0 Å². The zero-order valence-electron chi connectivity index (χ0n) is 8.83. The molecule has 3 nitrogen and oxygen atoms in total. The largest absolute Gasteiger partial charge is 0.309 e. The molecule has 82 valence electrons. The van der Waals surface area contributed by atoms with E-state index < -0.39 is 0 Å². The average molecular weight is 235 g/mol. The molecule has 1 heterocycles. The van der Waals surface area contributed by atoms with E-state index in [9.17, 15) is 4.79 Å². The van der Waals surface area contributed by atoms with Crippen LogP contribution in [0.15, 0.2) is 35.1 Å². The van der Waals surface area contributed by atoms with Gasteiger partial charge in [0.2, 0.25) is 0 Å². The topological polar surface area (TPSA) is 45.8 Å². The highest BCUT2D eigenvalue weighted by Gasteiger charge is 2.08. The molecule has 2 aromatic rings. The number of halogens is 1. The summed E-state index contributed by atoms with van der Waals surface area (Å²) in [6.45, 7) is 1.76. The van der Waals surface area contributed by atoms with Crippen LogP contribution < -0.4 is 5.56 Å². The van der Waals surface area contributed by atoms with Crippen molar-refractivity contribution in [3.05, 3.63) is 52.1 Å². The van der Waals surface area contributed by atoms with E-state index in [2.05, 4.69) is 9.97 Å². The van der Waals surface area contributed by atoms with Crippen LogP contribution in [0.3, 0.4) is 0 Å². The Labute approximate surface area is 98.1 Å². The summed E-state index contributed by atoms with van der Waals surface area (Å²) in [5.41, 5.74) is 2.10. The van der Waals surface area contributed by atoms with E-state index in [0.29, 0.717) is 17.1 Å². The summed E-state index contributed by atoms with van der Waals surface area (Å²) in [7, 11) is 0. The molecule has 0 saturated carbocycles. The van der Waals surface area contributed by atoms with E-state index in [0.717, 1.165) is 5.56 Å². The minimum atomic E-state index is -0.135. The average Bonchev–Trinajstić information content (AvgIpc) is 2.33. The van der Waals surface area contributed by atoms with Crippen LogP contribution in [0.4, 0.5) is 0 Å². The van der Waals surface area contributed by atoms with Gasteiger partial charge in [-0.25, -0.2) is 4.98 Å². The maximum atomic E-state index is 11.6. The fourth-order valence-electron chi connectivity index (χ4n) is 1.52. The number of alkyl halides is 1. The van der Waals surface area contributed by atoms with Crippen LogP contribution in [0.2, 0.25) is 0 Å². The van der Waals surface area contributed by atoms with Crippen LogP contribution in [-0.4, -0.2) is 9.97 Å². The molecule has 0 aliphatic carbocycles. The van der Waals surface area contributed by atoms with Crippen molar-refractivity contribution >= 4 is 11.6 Å². The summed E-state index contributed by atoms with van der Waals surface area (Å²) in [5.74, 6) is 0.700. The number of aromatic nitrogens is 2. The highest BCUT2D eigenvalue weighted by Crippen LogP contribution is 2.18. The highest BCUT2D eigenvalue weighted by atomic mass is 35.5. The van der Waals surface area contributed by atoms with Crippen molar-refractivity contribution in [2.45, 2.75) is 12.8 Å². The molecular weight excluding hydrogens is 224 g/mol. The number of hydrogen-bond acceptors (Lipinski definition) is 2. The van der Waals surface area contributed by atoms with E-state index in [-0.39, 0.29) is 11.4 Å². The first-order valence-corrected chi connectivity index (χ1v) is 5.47. The van der Waals surface area contributed by atoms with Crippen LogP contribution in [0.1, 0.15) is 11.4 Å². The Hall–Kier alpha value is -1.61. The molecule has 0 aliphatic heterocycles. The molecule has 0 spiro atoms. The summed E-state index contributed by atoms with van der Waals surface area (Å²) in [4.78, 5) is 18.6. The summed E-state index contributed by atoms with van der Waals surface area (Å²) in [6.07, 6.45) is 0. The van der Waals surface area contributed by atoms with Crippen molar-refractivity contribution in [2.24, 2.45) is 0 Å². The summed E-state index contributed by atoms with van der Waals surface area (Å²) >= 11 is 5.68. The van der Waals surface area contributed by atoms with E-state index in [1.54, 1.807) is 6.92 Å². The zero-order valence-corrected chi connectivity index (χ0v) is 9.58. The molecule has 0 saturated heterocycles. The first-order chi connectivity index (χ1) is 7.72. The second-order valence-corrected chi connectivity index (χ2v) is 3.75. The smallest absolute Gasteiger partial charge is 0.254 e. The van der Waals surface area contributed by atoms with Crippen molar-refractivity contribution in [2.75, 3.05) is 0 Å². The van der Waals surface area contributed by atoms with Gasteiger partial charge < -0.3 is 4.98 Å². The van der Waals surface area contributed by atoms with Crippen molar-refractivity contribution < 1.29 is 0 Å². The maximum absolute atomic E-state index is 11.6. The van der Waals surface area contributed by atoms with E-state index in [1.165, 1.54) is 0 Å². The lowest BCUT2D eigenvalue weighted by Gasteiger charge is -2.05. The lowest BCUT2D eigenvalue weighted by Crippen LogP contribution is -2.15. The van der Waals surface area contributed by atoms with Gasteiger partial charge in [-0.05, 0) is 6.92 Å². The molecule has 4 heteroatoms. The van der Waals surface area contributed by atoms with Gasteiger partial charge in [-0.15, -0.1) is 11.6 Å². The number of nitrogens with zero attached hydrogens (tertiary/aromatic N) is 1. The Balaban J connectivity index is 2.65. The van der Waals surface area contributed by atoms with Crippen LogP contribution in [0.25, 0.3) is 11.3 Å². The van der Waals surface area contributed by atoms with Gasteiger partial charge in [0.25, 0.3) is 5.56 Å². The number of benzene rings is 1. The summed E-state index contributed by atoms with van der Waals surface area (Å²) in [5, 5.41) is 0. The molecule has 0 radical (unpaired) electrons. The van der Waals surface area contributed by atoms with Gasteiger partial charge in [0.15, 0.2) is 0 Å². The molecular formula is C12H11ClN2O. The van der Waals surface area contributed by atoms with Gasteiger partial charge in [-0.2, -0.15) is 0 Å². The van der Waals surface area contributed by atoms with Crippen molar-refractivity contribution in [3.8, 4) is 11.3 Å². The molecule has 0 atom stereocenters. The standard InChI is InChI=1S/C12H11ClN2O/c1-8-11(9-5-3-2-4-6-9)14-10(7-13)15-12(8)16/h2-6H,7H2,1H3,(H,14,15,16). The molecule has 0 bridgehead atoms. The maximum Gasteiger partial charge on any atom is 0.254 e. The van der Waals surface area contributed by atoms with Gasteiger partial charge in [0.1, 0.15) is 5.82 Å². The number of hydrogen-bond donors (Lipinski definition) is 1. The predicted octanol–water partition coefficient (Wildman–Crippen LogP) is 2.48. The third-order valence-corrected chi connectivity index (χ3v) is 2.63. The van der Waals surface area contributed by atoms with E-state index in [4.69, 9.17) is 11.6 Å². The molecule has 0 fully saturated rings. The fraction of sp³-hybridized carbons (Fsp3) is 0.167. The molecule has 1 N–H and O–H groups in total. The molecule has 1 aromatic heterocycles. The normalized spacial score (nSPS) is 10.4. The van der Waals surface area contributed by atoms with Crippen molar-refractivity contribution in [1.29, 1.82) is 0 Å². The van der Waals surface area contributed by atoms with Crippen LogP contribution in [0.5, 0.6) is 0 Å². The number of aromatic amines is 1. The Kier molecular flexibility index (Phi) is 3.06. The van der Waals surface area contributed by atoms with Crippen molar-refractivity contribution in [1.82, 2.24) is 9.97 Å². The van der Waals surface area contributed by atoms with Crippen LogP contribution in [0, 0.1) is 6.92 Å². The minimum absolute atomic E-state index is 0.135. The lowest BCUT2D eigenvalue weighted by atomic mass is 10.1. The third kappa shape index (κ3) is 1.99.